The zero-order chi connectivity index (χ0) is 20.0. The van der Waals surface area contributed by atoms with E-state index < -0.39 is 29.1 Å². The fourth-order valence-corrected chi connectivity index (χ4v) is 3.54. The number of carboxylic acid groups (broad SMARTS) is 1. The Hall–Kier alpha value is -3.19. The van der Waals surface area contributed by atoms with Crippen molar-refractivity contribution in [3.05, 3.63) is 76.1 Å². The summed E-state index contributed by atoms with van der Waals surface area (Å²) in [7, 11) is 0. The number of rotatable bonds is 2. The first-order valence-corrected chi connectivity index (χ1v) is 8.74. The number of aliphatic carboxylic acids is 1. The van der Waals surface area contributed by atoms with Crippen LogP contribution in [-0.2, 0) is 11.2 Å². The fourth-order valence-electron chi connectivity index (χ4n) is 3.37. The Bertz CT molecular complexity index is 1170. The number of aromatic nitrogens is 1. The van der Waals surface area contributed by atoms with Crippen LogP contribution in [0.4, 0.5) is 8.78 Å². The van der Waals surface area contributed by atoms with Crippen LogP contribution in [0.15, 0.2) is 42.6 Å². The number of carbonyl (C=O) groups is 2. The lowest BCUT2D eigenvalue weighted by Gasteiger charge is -2.18. The second-order valence-corrected chi connectivity index (χ2v) is 6.83. The van der Waals surface area contributed by atoms with Gasteiger partial charge in [0.05, 0.1) is 16.8 Å². The zero-order valence-electron chi connectivity index (χ0n) is 14.3. The number of carboxylic acids is 1. The standard InChI is InChI=1S/C20H13ClF2N2O3/c21-10-1-4-17-13(7-10)12-5-6-25(9-15(20(27)28)18(12)24-17)19(26)14-8-11(22)2-3-16(14)23/h1-4,7-9,24H,5-6H2,(H,27,28). The van der Waals surface area contributed by atoms with Crippen LogP contribution >= 0.6 is 11.6 Å². The number of H-pyrrole nitrogens is 1. The first-order chi connectivity index (χ1) is 13.3. The lowest BCUT2D eigenvalue weighted by molar-refractivity contribution is -0.130. The minimum atomic E-state index is -1.25. The third-order valence-corrected chi connectivity index (χ3v) is 4.91. The van der Waals surface area contributed by atoms with Gasteiger partial charge in [-0.15, -0.1) is 0 Å². The molecule has 0 atom stereocenters. The number of nitrogens with one attached hydrogen (secondary N) is 1. The van der Waals surface area contributed by atoms with Crippen LogP contribution in [-0.4, -0.2) is 33.4 Å². The summed E-state index contributed by atoms with van der Waals surface area (Å²) in [6.07, 6.45) is 1.46. The van der Waals surface area contributed by atoms with Crippen LogP contribution in [0.3, 0.4) is 0 Å². The SMILES string of the molecule is O=C(O)C1=CN(C(=O)c2cc(F)ccc2F)CCc2c1[nH]c1ccc(Cl)cc21. The Morgan fingerprint density at radius 3 is 2.68 bits per heavy atom. The quantitative estimate of drug-likeness (QED) is 0.674. The lowest BCUT2D eigenvalue weighted by atomic mass is 10.0. The van der Waals surface area contributed by atoms with Crippen molar-refractivity contribution in [1.82, 2.24) is 9.88 Å². The van der Waals surface area contributed by atoms with E-state index in [0.717, 1.165) is 40.2 Å². The molecule has 1 aromatic heterocycles. The molecule has 1 aliphatic heterocycles. The molecule has 1 amide bonds. The van der Waals surface area contributed by atoms with Crippen LogP contribution in [0.2, 0.25) is 5.02 Å². The topological polar surface area (TPSA) is 73.4 Å². The smallest absolute Gasteiger partial charge is 0.339 e. The first kappa shape index (κ1) is 18.2. The molecule has 1 aliphatic rings. The predicted octanol–water partition coefficient (Wildman–Crippen LogP) is 4.22. The monoisotopic (exact) mass is 402 g/mol. The summed E-state index contributed by atoms with van der Waals surface area (Å²) in [5, 5.41) is 10.9. The predicted molar refractivity (Wildman–Crippen MR) is 100 cm³/mol. The number of hydrogen-bond donors (Lipinski definition) is 2. The van der Waals surface area contributed by atoms with Crippen LogP contribution < -0.4 is 0 Å². The summed E-state index contributed by atoms with van der Waals surface area (Å²) in [4.78, 5) is 28.7. The molecule has 0 saturated heterocycles. The summed E-state index contributed by atoms with van der Waals surface area (Å²) in [5.74, 6) is -3.70. The van der Waals surface area contributed by atoms with Crippen molar-refractivity contribution in [2.45, 2.75) is 6.42 Å². The molecule has 8 heteroatoms. The van der Waals surface area contributed by atoms with E-state index in [9.17, 15) is 23.5 Å². The minimum absolute atomic E-state index is 0.0953. The second-order valence-electron chi connectivity index (χ2n) is 6.39. The highest BCUT2D eigenvalue weighted by Crippen LogP contribution is 2.32. The van der Waals surface area contributed by atoms with Gasteiger partial charge in [-0.25, -0.2) is 13.6 Å². The van der Waals surface area contributed by atoms with E-state index in [0.29, 0.717) is 22.7 Å². The van der Waals surface area contributed by atoms with Gasteiger partial charge in [-0.3, -0.25) is 4.79 Å². The molecule has 0 unspecified atom stereocenters. The Morgan fingerprint density at radius 2 is 1.93 bits per heavy atom. The Labute approximate surface area is 162 Å². The second kappa shape index (κ2) is 6.76. The molecule has 2 aromatic carbocycles. The van der Waals surface area contributed by atoms with Gasteiger partial charge < -0.3 is 15.0 Å². The van der Waals surface area contributed by atoms with E-state index in [1.807, 2.05) is 0 Å². The van der Waals surface area contributed by atoms with Gasteiger partial charge in [0, 0.05) is 28.7 Å². The highest BCUT2D eigenvalue weighted by molar-refractivity contribution is 6.31. The van der Waals surface area contributed by atoms with E-state index in [4.69, 9.17) is 11.6 Å². The summed E-state index contributed by atoms with van der Waals surface area (Å²) in [5.41, 5.74) is 1.17. The maximum Gasteiger partial charge on any atom is 0.339 e. The van der Waals surface area contributed by atoms with E-state index in [1.54, 1.807) is 18.2 Å². The van der Waals surface area contributed by atoms with Crippen molar-refractivity contribution < 1.29 is 23.5 Å². The van der Waals surface area contributed by atoms with Crippen molar-refractivity contribution in [2.24, 2.45) is 0 Å². The molecule has 2 heterocycles. The molecule has 0 spiro atoms. The van der Waals surface area contributed by atoms with Crippen LogP contribution in [0.25, 0.3) is 16.5 Å². The molecular weight excluding hydrogens is 390 g/mol. The third-order valence-electron chi connectivity index (χ3n) is 4.68. The van der Waals surface area contributed by atoms with E-state index in [-0.39, 0.29) is 12.1 Å². The van der Waals surface area contributed by atoms with Crippen LogP contribution in [0.5, 0.6) is 0 Å². The maximum atomic E-state index is 14.0. The number of amides is 1. The van der Waals surface area contributed by atoms with Gasteiger partial charge >= 0.3 is 5.97 Å². The minimum Gasteiger partial charge on any atom is -0.478 e. The molecule has 4 rings (SSSR count). The van der Waals surface area contributed by atoms with Gasteiger partial charge in [-0.1, -0.05) is 11.6 Å². The highest BCUT2D eigenvalue weighted by atomic mass is 35.5. The number of aromatic amines is 1. The summed E-state index contributed by atoms with van der Waals surface area (Å²) < 4.78 is 27.5. The van der Waals surface area contributed by atoms with E-state index in [2.05, 4.69) is 4.98 Å². The average Bonchev–Trinajstić information content (AvgIpc) is 2.88. The van der Waals surface area contributed by atoms with Crippen LogP contribution in [0.1, 0.15) is 21.6 Å². The third kappa shape index (κ3) is 3.03. The van der Waals surface area contributed by atoms with Gasteiger partial charge in [0.1, 0.15) is 11.6 Å². The van der Waals surface area contributed by atoms with Gasteiger partial charge in [0.15, 0.2) is 0 Å². The number of fused-ring (bicyclic) bond motifs is 3. The molecular formula is C20H13ClF2N2O3. The lowest BCUT2D eigenvalue weighted by Crippen LogP contribution is -2.28. The molecule has 0 fully saturated rings. The molecule has 142 valence electrons. The van der Waals surface area contributed by atoms with Crippen molar-refractivity contribution in [2.75, 3.05) is 6.54 Å². The van der Waals surface area contributed by atoms with Crippen molar-refractivity contribution >= 4 is 40.0 Å². The summed E-state index contributed by atoms with van der Waals surface area (Å²) in [6, 6.07) is 7.72. The summed E-state index contributed by atoms with van der Waals surface area (Å²) in [6.45, 7) is 0.0953. The number of halogens is 3. The fraction of sp³-hybridized carbons (Fsp3) is 0.100. The molecule has 3 aromatic rings. The largest absolute Gasteiger partial charge is 0.478 e. The molecule has 0 aliphatic carbocycles. The van der Waals surface area contributed by atoms with E-state index in [1.165, 1.54) is 0 Å². The van der Waals surface area contributed by atoms with Crippen molar-refractivity contribution in [1.29, 1.82) is 0 Å². The Balaban J connectivity index is 1.82. The number of carbonyl (C=O) groups excluding carboxylic acids is 1. The van der Waals surface area contributed by atoms with Crippen molar-refractivity contribution in [3.63, 3.8) is 0 Å². The van der Waals surface area contributed by atoms with E-state index >= 15 is 0 Å². The Morgan fingerprint density at radius 1 is 1.14 bits per heavy atom. The van der Waals surface area contributed by atoms with Crippen molar-refractivity contribution in [3.8, 4) is 0 Å². The average molecular weight is 403 g/mol. The molecule has 0 radical (unpaired) electrons. The molecule has 28 heavy (non-hydrogen) atoms. The normalized spacial score (nSPS) is 13.8. The summed E-state index contributed by atoms with van der Waals surface area (Å²) >= 11 is 6.06. The number of benzene rings is 2. The van der Waals surface area contributed by atoms with Crippen LogP contribution in [0, 0.1) is 11.6 Å². The first-order valence-electron chi connectivity index (χ1n) is 8.37. The molecule has 2 N–H and O–H groups in total. The highest BCUT2D eigenvalue weighted by Gasteiger charge is 2.28. The number of hydrogen-bond acceptors (Lipinski definition) is 2. The zero-order valence-corrected chi connectivity index (χ0v) is 15.1. The van der Waals surface area contributed by atoms with Gasteiger partial charge in [0.2, 0.25) is 0 Å². The van der Waals surface area contributed by atoms with Gasteiger partial charge in [-0.05, 0) is 48.4 Å². The maximum absolute atomic E-state index is 14.0. The number of nitrogens with zero attached hydrogens (tertiary/aromatic N) is 1. The van der Waals surface area contributed by atoms with Gasteiger partial charge in [0.25, 0.3) is 5.91 Å². The molecule has 0 bridgehead atoms. The molecule has 5 nitrogen and oxygen atoms in total. The molecule has 0 saturated carbocycles. The van der Waals surface area contributed by atoms with Gasteiger partial charge in [-0.2, -0.15) is 0 Å². The Kier molecular flexibility index (Phi) is 4.39.